The predicted octanol–water partition coefficient (Wildman–Crippen LogP) is 1.53. The van der Waals surface area contributed by atoms with Crippen molar-refractivity contribution < 1.29 is 14.2 Å². The molecule has 2 atom stereocenters. The number of aromatic nitrogens is 4. The van der Waals surface area contributed by atoms with Crippen LogP contribution in [0, 0.1) is 0 Å². The Morgan fingerprint density at radius 2 is 2.16 bits per heavy atom. The van der Waals surface area contributed by atoms with E-state index in [2.05, 4.69) is 41.3 Å². The monoisotopic (exact) mass is 475 g/mol. The lowest BCUT2D eigenvalue weighted by Crippen LogP contribution is -2.59. The van der Waals surface area contributed by atoms with Crippen molar-refractivity contribution in [2.45, 2.75) is 6.10 Å². The quantitative estimate of drug-likeness (QED) is 0.574. The summed E-state index contributed by atoms with van der Waals surface area (Å²) in [4.78, 5) is 22.8. The molecule has 0 spiro atoms. The smallest absolute Gasteiger partial charge is 0.365 e. The van der Waals surface area contributed by atoms with Crippen LogP contribution in [0.15, 0.2) is 58.4 Å². The molecule has 1 fully saturated rings. The third-order valence-corrected chi connectivity index (χ3v) is 5.32. The molecule has 1 saturated heterocycles. The maximum absolute atomic E-state index is 13.0. The summed E-state index contributed by atoms with van der Waals surface area (Å²) in [6.07, 6.45) is 9.12. The highest BCUT2D eigenvalue weighted by Gasteiger charge is 2.50. The minimum atomic E-state index is -0.569. The average Bonchev–Trinajstić information content (AvgIpc) is 3.41. The van der Waals surface area contributed by atoms with E-state index in [0.29, 0.717) is 36.2 Å². The molecular weight excluding hydrogens is 459 g/mol. The fraction of sp³-hybridized carbons (Fsp3) is 0.222. The summed E-state index contributed by atoms with van der Waals surface area (Å²) in [7, 11) is 0. The highest BCUT2D eigenvalue weighted by Crippen LogP contribution is 2.35. The van der Waals surface area contributed by atoms with Crippen LogP contribution < -0.4 is 16.1 Å². The molecule has 164 valence electrons. The summed E-state index contributed by atoms with van der Waals surface area (Å²) in [5.74, 6) is 0.774. The molecule has 2 unspecified atom stereocenters. The molecule has 0 bridgehead atoms. The van der Waals surface area contributed by atoms with Gasteiger partial charge in [-0.2, -0.15) is 15.2 Å². The second-order valence-corrected chi connectivity index (χ2v) is 7.70. The van der Waals surface area contributed by atoms with Crippen LogP contribution in [0.1, 0.15) is 0 Å². The van der Waals surface area contributed by atoms with E-state index in [0.717, 1.165) is 6.54 Å². The third kappa shape index (κ3) is 3.78. The maximum atomic E-state index is 13.0. The molecule has 0 aliphatic carbocycles. The molecule has 3 N–H and O–H groups in total. The Morgan fingerprint density at radius 3 is 2.91 bits per heavy atom. The highest BCUT2D eigenvalue weighted by molar-refractivity contribution is 6.68. The first-order valence-corrected chi connectivity index (χ1v) is 10.4. The summed E-state index contributed by atoms with van der Waals surface area (Å²) < 4.78 is 5.46. The molecule has 5 rings (SSSR count). The number of fused-ring (bicyclic) bond motifs is 1. The molecular formula is C18H17Cl2N10O2+. The summed E-state index contributed by atoms with van der Waals surface area (Å²) >= 11 is 12.5. The Hall–Kier alpha value is -3.16. The SMILES string of the molecule is O=C(Nc1cnc(-n2nccn2)c(Cl)c1)N[N+]12N=C(Cl)C=C1N=CC=C2C1CNCCO1. The van der Waals surface area contributed by atoms with Gasteiger partial charge in [-0.1, -0.05) is 23.2 Å². The van der Waals surface area contributed by atoms with Crippen LogP contribution in [0.5, 0.6) is 0 Å². The average molecular weight is 476 g/mol. The number of halogens is 2. The van der Waals surface area contributed by atoms with Crippen molar-refractivity contribution in [3.05, 3.63) is 53.3 Å². The van der Waals surface area contributed by atoms with Crippen LogP contribution in [0.3, 0.4) is 0 Å². The molecule has 3 aliphatic heterocycles. The van der Waals surface area contributed by atoms with Crippen molar-refractivity contribution >= 4 is 46.3 Å². The van der Waals surface area contributed by atoms with E-state index in [-0.39, 0.29) is 16.3 Å². The van der Waals surface area contributed by atoms with Gasteiger partial charge >= 0.3 is 6.03 Å². The lowest BCUT2D eigenvalue weighted by atomic mass is 10.2. The molecule has 14 heteroatoms. The van der Waals surface area contributed by atoms with Gasteiger partial charge in [-0.3, -0.25) is 0 Å². The molecule has 32 heavy (non-hydrogen) atoms. The highest BCUT2D eigenvalue weighted by atomic mass is 35.5. The summed E-state index contributed by atoms with van der Waals surface area (Å²) in [5, 5.41) is 18.9. The number of hydrogen-bond acceptors (Lipinski definition) is 8. The lowest BCUT2D eigenvalue weighted by molar-refractivity contribution is -0.898. The van der Waals surface area contributed by atoms with Gasteiger partial charge in [0.15, 0.2) is 16.7 Å². The predicted molar refractivity (Wildman–Crippen MR) is 117 cm³/mol. The normalized spacial score (nSPS) is 24.3. The third-order valence-electron chi connectivity index (χ3n) is 4.86. The molecule has 0 radical (unpaired) electrons. The molecule has 5 heterocycles. The van der Waals surface area contributed by atoms with Crippen LogP contribution in [0.25, 0.3) is 5.82 Å². The Morgan fingerprint density at radius 1 is 1.31 bits per heavy atom. The molecule has 3 aliphatic rings. The van der Waals surface area contributed by atoms with E-state index in [9.17, 15) is 4.79 Å². The number of morpholine rings is 1. The number of anilines is 1. The van der Waals surface area contributed by atoms with Crippen LogP contribution in [-0.2, 0) is 4.74 Å². The molecule has 0 saturated carbocycles. The van der Waals surface area contributed by atoms with Gasteiger partial charge in [0.1, 0.15) is 6.10 Å². The summed E-state index contributed by atoms with van der Waals surface area (Å²) in [5.41, 5.74) is 3.87. The molecule has 2 aromatic heterocycles. The van der Waals surface area contributed by atoms with E-state index in [1.54, 1.807) is 24.4 Å². The number of allylic oxidation sites excluding steroid dienone is 2. The number of pyridine rings is 1. The van der Waals surface area contributed by atoms with Gasteiger partial charge in [0.05, 0.1) is 42.0 Å². The maximum Gasteiger partial charge on any atom is 0.366 e. The number of urea groups is 1. The largest absolute Gasteiger partial charge is 0.366 e. The van der Waals surface area contributed by atoms with Gasteiger partial charge in [0.2, 0.25) is 0 Å². The van der Waals surface area contributed by atoms with Crippen LogP contribution >= 0.6 is 23.2 Å². The minimum Gasteiger partial charge on any atom is -0.365 e. The van der Waals surface area contributed by atoms with Gasteiger partial charge in [-0.15, -0.1) is 10.2 Å². The van der Waals surface area contributed by atoms with Crippen LogP contribution in [-0.4, -0.2) is 67.9 Å². The van der Waals surface area contributed by atoms with Crippen molar-refractivity contribution in [1.82, 2.24) is 30.7 Å². The number of amides is 2. The number of rotatable bonds is 4. The number of carbonyl (C=O) groups excluding carboxylic acids is 1. The van der Waals surface area contributed by atoms with E-state index >= 15 is 0 Å². The van der Waals surface area contributed by atoms with E-state index < -0.39 is 10.7 Å². The number of ether oxygens (including phenoxy) is 1. The standard InChI is InChI=1S/C18H16Cl2N10O2/c19-12-7-11(9-23-17(12)29-24-3-4-25-29)26-18(31)28-30-13(14-10-21-5-6-32-14)1-2-22-16(30)8-15(20)27-30/h1-4,7-9,14,21H,5-6,10H2,(H-,26,28,31)/p+1. The topological polar surface area (TPSA) is 131 Å². The second-order valence-electron chi connectivity index (χ2n) is 6.91. The zero-order valence-electron chi connectivity index (χ0n) is 16.4. The molecule has 0 aromatic carbocycles. The molecule has 2 amide bonds. The Kier molecular flexibility index (Phi) is 5.45. The first kappa shape index (κ1) is 20.7. The Bertz CT molecular complexity index is 1170. The minimum absolute atomic E-state index is 0.204. The summed E-state index contributed by atoms with van der Waals surface area (Å²) in [6.45, 7) is 1.84. The van der Waals surface area contributed by atoms with Crippen molar-refractivity contribution in [2.24, 2.45) is 10.1 Å². The van der Waals surface area contributed by atoms with E-state index in [1.165, 1.54) is 23.4 Å². The number of quaternary nitrogens is 1. The fourth-order valence-corrected chi connectivity index (χ4v) is 3.98. The van der Waals surface area contributed by atoms with Gasteiger partial charge in [0, 0.05) is 25.4 Å². The van der Waals surface area contributed by atoms with Crippen LogP contribution in [0.2, 0.25) is 5.02 Å². The van der Waals surface area contributed by atoms with Gasteiger partial charge < -0.3 is 15.4 Å². The molecule has 2 aromatic rings. The first-order valence-electron chi connectivity index (χ1n) is 9.61. The number of carbonyl (C=O) groups is 1. The summed E-state index contributed by atoms with van der Waals surface area (Å²) in [6, 6.07) is 0.976. The van der Waals surface area contributed by atoms with Crippen molar-refractivity contribution in [3.8, 4) is 5.82 Å². The lowest BCUT2D eigenvalue weighted by Gasteiger charge is -2.35. The van der Waals surface area contributed by atoms with Crippen molar-refractivity contribution in [2.75, 3.05) is 25.0 Å². The Labute approximate surface area is 191 Å². The van der Waals surface area contributed by atoms with Gasteiger partial charge in [-0.25, -0.2) is 9.78 Å². The van der Waals surface area contributed by atoms with Gasteiger partial charge in [0.25, 0.3) is 5.82 Å². The zero-order chi connectivity index (χ0) is 22.1. The van der Waals surface area contributed by atoms with Crippen molar-refractivity contribution in [3.63, 3.8) is 0 Å². The van der Waals surface area contributed by atoms with Crippen LogP contribution in [0.4, 0.5) is 10.5 Å². The van der Waals surface area contributed by atoms with E-state index in [4.69, 9.17) is 27.9 Å². The Balaban J connectivity index is 1.38. The number of aliphatic imine (C=N–C) groups is 1. The van der Waals surface area contributed by atoms with Crippen molar-refractivity contribution in [1.29, 1.82) is 0 Å². The number of nitrogens with zero attached hydrogens (tertiary/aromatic N) is 7. The number of hydrogen-bond donors (Lipinski definition) is 3. The van der Waals surface area contributed by atoms with E-state index in [1.807, 2.05) is 0 Å². The second kappa shape index (κ2) is 8.41. The first-order chi connectivity index (χ1) is 15.5. The fourth-order valence-electron chi connectivity index (χ4n) is 3.53. The zero-order valence-corrected chi connectivity index (χ0v) is 18.0. The number of nitrogens with one attached hydrogen (secondary N) is 3. The van der Waals surface area contributed by atoms with Gasteiger partial charge in [-0.05, 0) is 15.9 Å². The molecule has 12 nitrogen and oxygen atoms in total.